The number of rotatable bonds is 2. The van der Waals surface area contributed by atoms with Crippen molar-refractivity contribution in [3.05, 3.63) is 34.9 Å². The molecule has 0 aromatic heterocycles. The van der Waals surface area contributed by atoms with E-state index in [0.29, 0.717) is 5.78 Å². The predicted molar refractivity (Wildman–Crippen MR) is 63.8 cm³/mol. The second-order valence-corrected chi connectivity index (χ2v) is 4.50. The maximum atomic E-state index is 12.3. The smallest absolute Gasteiger partial charge is 0.166 e. The first-order valence-corrected chi connectivity index (χ1v) is 5.88. The van der Waals surface area contributed by atoms with Gasteiger partial charge in [-0.3, -0.25) is 4.79 Å². The van der Waals surface area contributed by atoms with Gasteiger partial charge in [-0.2, -0.15) is 0 Å². The van der Waals surface area contributed by atoms with Crippen LogP contribution in [0.15, 0.2) is 18.2 Å². The van der Waals surface area contributed by atoms with Gasteiger partial charge in [-0.25, -0.2) is 0 Å². The molecule has 1 aliphatic heterocycles. The Morgan fingerprint density at radius 1 is 1.25 bits per heavy atom. The molecule has 0 unspecified atom stereocenters. The van der Waals surface area contributed by atoms with Gasteiger partial charge in [0.15, 0.2) is 5.78 Å². The Kier molecular flexibility index (Phi) is 3.39. The van der Waals surface area contributed by atoms with E-state index in [2.05, 4.69) is 13.0 Å². The highest BCUT2D eigenvalue weighted by atomic mass is 16.5. The predicted octanol–water partition coefficient (Wildman–Crippen LogP) is 2.91. The number of benzene rings is 1. The third-order valence-electron chi connectivity index (χ3n) is 3.46. The lowest BCUT2D eigenvalue weighted by molar-refractivity contribution is 0.0544. The van der Waals surface area contributed by atoms with Crippen LogP contribution >= 0.6 is 0 Å². The summed E-state index contributed by atoms with van der Waals surface area (Å²) in [5.41, 5.74) is 3.21. The molecule has 0 radical (unpaired) electrons. The molecule has 0 amide bonds. The number of Topliss-reactive ketones (excluding diaryl/α,β-unsaturated/α-hetero) is 1. The molecule has 16 heavy (non-hydrogen) atoms. The van der Waals surface area contributed by atoms with Gasteiger partial charge in [-0.15, -0.1) is 0 Å². The molecule has 0 aliphatic carbocycles. The average Bonchev–Trinajstić information content (AvgIpc) is 2.33. The van der Waals surface area contributed by atoms with Crippen molar-refractivity contribution in [2.75, 3.05) is 13.2 Å². The molecule has 2 nitrogen and oxygen atoms in total. The maximum absolute atomic E-state index is 12.3. The van der Waals surface area contributed by atoms with Crippen molar-refractivity contribution in [2.24, 2.45) is 5.92 Å². The summed E-state index contributed by atoms with van der Waals surface area (Å²) in [4.78, 5) is 12.3. The van der Waals surface area contributed by atoms with Crippen molar-refractivity contribution in [1.82, 2.24) is 0 Å². The molecular formula is C14H18O2. The second-order valence-electron chi connectivity index (χ2n) is 4.50. The first-order valence-electron chi connectivity index (χ1n) is 5.88. The summed E-state index contributed by atoms with van der Waals surface area (Å²) in [6.07, 6.45) is 1.73. The lowest BCUT2D eigenvalue weighted by Gasteiger charge is -2.21. The highest BCUT2D eigenvalue weighted by Crippen LogP contribution is 2.23. The Morgan fingerprint density at radius 3 is 2.62 bits per heavy atom. The van der Waals surface area contributed by atoms with Crippen molar-refractivity contribution in [3.63, 3.8) is 0 Å². The van der Waals surface area contributed by atoms with Crippen LogP contribution in [-0.4, -0.2) is 19.0 Å². The van der Waals surface area contributed by atoms with E-state index < -0.39 is 0 Å². The Balaban J connectivity index is 2.22. The minimum Gasteiger partial charge on any atom is -0.381 e. The third-order valence-corrected chi connectivity index (χ3v) is 3.46. The summed E-state index contributed by atoms with van der Waals surface area (Å²) < 4.78 is 5.29. The topological polar surface area (TPSA) is 26.3 Å². The zero-order valence-electron chi connectivity index (χ0n) is 9.95. The Hall–Kier alpha value is -1.15. The zero-order chi connectivity index (χ0) is 11.5. The van der Waals surface area contributed by atoms with Gasteiger partial charge in [-0.05, 0) is 37.8 Å². The van der Waals surface area contributed by atoms with Gasteiger partial charge in [0.25, 0.3) is 0 Å². The number of ketones is 1. The molecule has 86 valence electrons. The Morgan fingerprint density at radius 2 is 1.94 bits per heavy atom. The summed E-state index contributed by atoms with van der Waals surface area (Å²) in [5.74, 6) is 0.457. The van der Waals surface area contributed by atoms with E-state index in [0.717, 1.165) is 37.2 Å². The van der Waals surface area contributed by atoms with E-state index in [1.54, 1.807) is 0 Å². The van der Waals surface area contributed by atoms with Crippen LogP contribution in [0.5, 0.6) is 0 Å². The summed E-state index contributed by atoms with van der Waals surface area (Å²) in [6.45, 7) is 5.53. The molecule has 2 rings (SSSR count). The largest absolute Gasteiger partial charge is 0.381 e. The van der Waals surface area contributed by atoms with E-state index in [-0.39, 0.29) is 5.92 Å². The molecule has 2 heteroatoms. The van der Waals surface area contributed by atoms with Crippen LogP contribution < -0.4 is 0 Å². The molecule has 0 N–H and O–H groups in total. The van der Waals surface area contributed by atoms with Crippen molar-refractivity contribution in [2.45, 2.75) is 26.7 Å². The first-order chi connectivity index (χ1) is 7.70. The molecule has 1 heterocycles. The Labute approximate surface area is 96.6 Å². The standard InChI is InChI=1S/C14H18O2/c1-10-4-3-5-13(11(10)2)14(15)12-6-8-16-9-7-12/h3-5,12H,6-9H2,1-2H3. The SMILES string of the molecule is Cc1cccc(C(=O)C2CCOCC2)c1C. The van der Waals surface area contributed by atoms with Crippen LogP contribution in [0.1, 0.15) is 34.3 Å². The van der Waals surface area contributed by atoms with E-state index in [1.165, 1.54) is 5.56 Å². The second kappa shape index (κ2) is 4.79. The number of carbonyl (C=O) groups excluding carboxylic acids is 1. The summed E-state index contributed by atoms with van der Waals surface area (Å²) in [7, 11) is 0. The van der Waals surface area contributed by atoms with Crippen LogP contribution in [0.25, 0.3) is 0 Å². The first kappa shape index (κ1) is 11.3. The zero-order valence-corrected chi connectivity index (χ0v) is 9.95. The monoisotopic (exact) mass is 218 g/mol. The highest BCUT2D eigenvalue weighted by molar-refractivity contribution is 5.99. The molecule has 1 fully saturated rings. The van der Waals surface area contributed by atoms with Crippen LogP contribution in [0, 0.1) is 19.8 Å². The fraction of sp³-hybridized carbons (Fsp3) is 0.500. The van der Waals surface area contributed by atoms with Crippen molar-refractivity contribution in [1.29, 1.82) is 0 Å². The quantitative estimate of drug-likeness (QED) is 0.713. The minimum atomic E-state index is 0.161. The van der Waals surface area contributed by atoms with Crippen LogP contribution in [-0.2, 0) is 4.74 Å². The summed E-state index contributed by atoms with van der Waals surface area (Å²) in [5, 5.41) is 0. The van der Waals surface area contributed by atoms with Gasteiger partial charge in [0.1, 0.15) is 0 Å². The molecule has 0 atom stereocenters. The molecule has 1 saturated heterocycles. The molecule has 1 aromatic rings. The number of ether oxygens (including phenoxy) is 1. The van der Waals surface area contributed by atoms with Gasteiger partial charge in [-0.1, -0.05) is 18.2 Å². The van der Waals surface area contributed by atoms with Gasteiger partial charge < -0.3 is 4.74 Å². The van der Waals surface area contributed by atoms with Gasteiger partial charge >= 0.3 is 0 Å². The fourth-order valence-corrected chi connectivity index (χ4v) is 2.20. The fourth-order valence-electron chi connectivity index (χ4n) is 2.20. The van der Waals surface area contributed by atoms with Crippen molar-refractivity contribution < 1.29 is 9.53 Å². The maximum Gasteiger partial charge on any atom is 0.166 e. The van der Waals surface area contributed by atoms with E-state index >= 15 is 0 Å². The van der Waals surface area contributed by atoms with Crippen LogP contribution in [0.2, 0.25) is 0 Å². The van der Waals surface area contributed by atoms with Crippen molar-refractivity contribution >= 4 is 5.78 Å². The van der Waals surface area contributed by atoms with Gasteiger partial charge in [0.2, 0.25) is 0 Å². The van der Waals surface area contributed by atoms with E-state index in [1.807, 2.05) is 19.1 Å². The molecule has 1 aliphatic rings. The molecule has 0 bridgehead atoms. The van der Waals surface area contributed by atoms with Gasteiger partial charge in [0, 0.05) is 24.7 Å². The normalized spacial score (nSPS) is 17.4. The average molecular weight is 218 g/mol. The molecular weight excluding hydrogens is 200 g/mol. The lowest BCUT2D eigenvalue weighted by Crippen LogP contribution is -2.24. The minimum absolute atomic E-state index is 0.161. The number of hydrogen-bond acceptors (Lipinski definition) is 2. The highest BCUT2D eigenvalue weighted by Gasteiger charge is 2.23. The van der Waals surface area contributed by atoms with Crippen LogP contribution in [0.3, 0.4) is 0 Å². The molecule has 0 saturated carbocycles. The number of carbonyl (C=O) groups is 1. The number of hydrogen-bond donors (Lipinski definition) is 0. The van der Waals surface area contributed by atoms with Crippen LogP contribution in [0.4, 0.5) is 0 Å². The van der Waals surface area contributed by atoms with Crippen molar-refractivity contribution in [3.8, 4) is 0 Å². The van der Waals surface area contributed by atoms with E-state index in [9.17, 15) is 4.79 Å². The number of aryl methyl sites for hydroxylation is 1. The van der Waals surface area contributed by atoms with Gasteiger partial charge in [0.05, 0.1) is 0 Å². The van der Waals surface area contributed by atoms with E-state index in [4.69, 9.17) is 4.74 Å². The third kappa shape index (κ3) is 2.17. The lowest BCUT2D eigenvalue weighted by atomic mass is 9.88. The molecule has 1 aromatic carbocycles. The molecule has 0 spiro atoms. The summed E-state index contributed by atoms with van der Waals surface area (Å²) in [6, 6.07) is 5.96. The Bertz CT molecular complexity index is 390. The summed E-state index contributed by atoms with van der Waals surface area (Å²) >= 11 is 0.